The quantitative estimate of drug-likeness (QED) is 0.542. The topological polar surface area (TPSA) is 25.2 Å². The van der Waals surface area contributed by atoms with Crippen LogP contribution >= 0.6 is 22.6 Å². The average Bonchev–Trinajstić information content (AvgIpc) is 2.08. The van der Waals surface area contributed by atoms with Gasteiger partial charge in [0, 0.05) is 34.4 Å². The molecule has 0 bridgehead atoms. The third kappa shape index (κ3) is 2.14. The minimum Gasteiger partial charge on any atom is -0.296 e. The number of nitrogens with zero attached hydrogens (tertiary/aromatic N) is 2. The highest BCUT2D eigenvalue weighted by atomic mass is 127. The Balaban J connectivity index is 3.36. The summed E-state index contributed by atoms with van der Waals surface area (Å²) in [6, 6.07) is 0. The first-order valence-corrected chi connectivity index (χ1v) is 4.54. The number of pyridine rings is 1. The lowest BCUT2D eigenvalue weighted by Crippen LogP contribution is -2.26. The molecule has 1 rings (SSSR count). The molecule has 1 aromatic rings. The first kappa shape index (κ1) is 9.38. The molecule has 1 aromatic heterocycles. The Morgan fingerprint density at radius 2 is 2.33 bits per heavy atom. The molecule has 0 N–H and O–H groups in total. The Morgan fingerprint density at radius 1 is 1.58 bits per heavy atom. The molecule has 0 saturated heterocycles. The maximum atomic E-state index is 4.06. The number of hydrogen-bond acceptors (Lipinski definition) is 2. The van der Waals surface area contributed by atoms with Gasteiger partial charge in [-0.1, -0.05) is 6.58 Å². The molecule has 0 fully saturated rings. The van der Waals surface area contributed by atoms with Gasteiger partial charge in [0.1, 0.15) is 0 Å². The molecule has 0 aliphatic carbocycles. The predicted molar refractivity (Wildman–Crippen MR) is 60.6 cm³/mol. The molecule has 0 spiro atoms. The van der Waals surface area contributed by atoms with Crippen molar-refractivity contribution in [3.8, 4) is 0 Å². The SMILES string of the molecule is C=c1c(I)cnc/c1=C/C=NC. The van der Waals surface area contributed by atoms with Crippen LogP contribution in [0.15, 0.2) is 17.4 Å². The Kier molecular flexibility index (Phi) is 3.40. The van der Waals surface area contributed by atoms with Gasteiger partial charge in [0.25, 0.3) is 0 Å². The minimum absolute atomic E-state index is 1.01. The van der Waals surface area contributed by atoms with Crippen LogP contribution in [-0.2, 0) is 0 Å². The van der Waals surface area contributed by atoms with Gasteiger partial charge < -0.3 is 0 Å². The van der Waals surface area contributed by atoms with E-state index in [4.69, 9.17) is 0 Å². The van der Waals surface area contributed by atoms with Crippen molar-refractivity contribution in [2.45, 2.75) is 0 Å². The smallest absolute Gasteiger partial charge is 0.0407 e. The maximum absolute atomic E-state index is 4.06. The van der Waals surface area contributed by atoms with E-state index in [9.17, 15) is 0 Å². The molecule has 12 heavy (non-hydrogen) atoms. The summed E-state index contributed by atoms with van der Waals surface area (Å²) in [7, 11) is 1.74. The van der Waals surface area contributed by atoms with Crippen molar-refractivity contribution < 1.29 is 0 Å². The van der Waals surface area contributed by atoms with E-state index in [2.05, 4.69) is 39.1 Å². The lowest BCUT2D eigenvalue weighted by molar-refractivity contribution is 1.25. The fourth-order valence-electron chi connectivity index (χ4n) is 0.775. The first-order valence-electron chi connectivity index (χ1n) is 3.46. The second-order valence-corrected chi connectivity index (χ2v) is 3.43. The van der Waals surface area contributed by atoms with E-state index in [1.54, 1.807) is 25.7 Å². The Morgan fingerprint density at radius 3 is 3.00 bits per heavy atom. The van der Waals surface area contributed by atoms with Crippen molar-refractivity contribution in [2.75, 3.05) is 7.05 Å². The van der Waals surface area contributed by atoms with Crippen molar-refractivity contribution >= 4 is 41.5 Å². The van der Waals surface area contributed by atoms with Gasteiger partial charge in [-0.25, -0.2) is 0 Å². The fraction of sp³-hybridized carbons (Fsp3) is 0.111. The molecule has 0 radical (unpaired) electrons. The third-order valence-electron chi connectivity index (χ3n) is 1.44. The summed E-state index contributed by atoms with van der Waals surface area (Å²) in [6.45, 7) is 3.93. The highest BCUT2D eigenvalue weighted by Crippen LogP contribution is 1.88. The molecule has 0 aliphatic rings. The van der Waals surface area contributed by atoms with E-state index in [-0.39, 0.29) is 0 Å². The molecule has 0 saturated carbocycles. The van der Waals surface area contributed by atoms with Crippen LogP contribution in [0.5, 0.6) is 0 Å². The van der Waals surface area contributed by atoms with Crippen LogP contribution in [-0.4, -0.2) is 18.2 Å². The van der Waals surface area contributed by atoms with Gasteiger partial charge in [-0.3, -0.25) is 9.98 Å². The van der Waals surface area contributed by atoms with Gasteiger partial charge >= 0.3 is 0 Å². The zero-order valence-electron chi connectivity index (χ0n) is 6.79. The van der Waals surface area contributed by atoms with Crippen molar-refractivity contribution in [1.82, 2.24) is 4.98 Å². The molecule has 3 heteroatoms. The Labute approximate surface area is 84.9 Å². The van der Waals surface area contributed by atoms with Crippen LogP contribution in [0.1, 0.15) is 0 Å². The number of hydrogen-bond donors (Lipinski definition) is 0. The van der Waals surface area contributed by atoms with Crippen LogP contribution < -0.4 is 10.4 Å². The zero-order chi connectivity index (χ0) is 8.97. The molecule has 0 atom stereocenters. The Hall–Kier alpha value is -0.710. The minimum atomic E-state index is 1.01. The normalized spacial score (nSPS) is 12.7. The van der Waals surface area contributed by atoms with Crippen LogP contribution in [0, 0.1) is 3.57 Å². The van der Waals surface area contributed by atoms with Crippen molar-refractivity contribution in [1.29, 1.82) is 0 Å². The summed E-state index contributed by atoms with van der Waals surface area (Å²) in [5.41, 5.74) is 0. The lowest BCUT2D eigenvalue weighted by Gasteiger charge is -1.89. The van der Waals surface area contributed by atoms with Gasteiger partial charge in [-0.05, 0) is 33.9 Å². The van der Waals surface area contributed by atoms with E-state index in [1.807, 2.05) is 6.08 Å². The summed E-state index contributed by atoms with van der Waals surface area (Å²) in [6.07, 6.45) is 7.22. The third-order valence-corrected chi connectivity index (χ3v) is 2.37. The van der Waals surface area contributed by atoms with Gasteiger partial charge in [0.05, 0.1) is 0 Å². The fourth-order valence-corrected chi connectivity index (χ4v) is 1.25. The standard InChI is InChI=1S/C9H9IN2/c1-7-8(3-4-11-2)5-12-6-9(7)10/h3-6H,1H2,2H3/b8-3-,11-4?. The van der Waals surface area contributed by atoms with Crippen LogP contribution in [0.2, 0.25) is 0 Å². The Bertz CT molecular complexity index is 395. The molecular weight excluding hydrogens is 263 g/mol. The molecule has 0 aromatic carbocycles. The average molecular weight is 272 g/mol. The second kappa shape index (κ2) is 4.35. The highest BCUT2D eigenvalue weighted by Gasteiger charge is 1.87. The van der Waals surface area contributed by atoms with Crippen molar-refractivity contribution in [3.63, 3.8) is 0 Å². The van der Waals surface area contributed by atoms with Gasteiger partial charge in [0.15, 0.2) is 0 Å². The summed E-state index contributed by atoms with van der Waals surface area (Å²) in [4.78, 5) is 7.92. The van der Waals surface area contributed by atoms with E-state index in [0.717, 1.165) is 14.0 Å². The van der Waals surface area contributed by atoms with Gasteiger partial charge in [-0.15, -0.1) is 0 Å². The maximum Gasteiger partial charge on any atom is 0.0407 e. The predicted octanol–water partition coefficient (Wildman–Crippen LogP) is 0.578. The molecule has 0 unspecified atom stereocenters. The van der Waals surface area contributed by atoms with Crippen molar-refractivity contribution in [3.05, 3.63) is 26.4 Å². The zero-order valence-corrected chi connectivity index (χ0v) is 8.95. The molecular formula is C9H9IN2. The summed E-state index contributed by atoms with van der Waals surface area (Å²) >= 11 is 2.21. The number of rotatable bonds is 1. The van der Waals surface area contributed by atoms with E-state index >= 15 is 0 Å². The monoisotopic (exact) mass is 272 g/mol. The lowest BCUT2D eigenvalue weighted by atomic mass is 10.3. The molecule has 62 valence electrons. The summed E-state index contributed by atoms with van der Waals surface area (Å²) in [5, 5.41) is 2.03. The van der Waals surface area contributed by atoms with Crippen molar-refractivity contribution in [2.24, 2.45) is 4.99 Å². The van der Waals surface area contributed by atoms with Crippen LogP contribution in [0.3, 0.4) is 0 Å². The number of aromatic nitrogens is 1. The molecule has 1 heterocycles. The summed E-state index contributed by atoms with van der Waals surface area (Å²) in [5.74, 6) is 0. The van der Waals surface area contributed by atoms with Crippen LogP contribution in [0.4, 0.5) is 0 Å². The molecule has 0 amide bonds. The van der Waals surface area contributed by atoms with Gasteiger partial charge in [0.2, 0.25) is 0 Å². The number of halogens is 1. The largest absolute Gasteiger partial charge is 0.296 e. The van der Waals surface area contributed by atoms with Gasteiger partial charge in [-0.2, -0.15) is 0 Å². The first-order chi connectivity index (χ1) is 5.75. The van der Waals surface area contributed by atoms with Crippen LogP contribution in [0.25, 0.3) is 12.7 Å². The summed E-state index contributed by atoms with van der Waals surface area (Å²) < 4.78 is 1.07. The second-order valence-electron chi connectivity index (χ2n) is 2.26. The van der Waals surface area contributed by atoms with E-state index < -0.39 is 0 Å². The van der Waals surface area contributed by atoms with E-state index in [1.165, 1.54) is 0 Å². The van der Waals surface area contributed by atoms with E-state index in [0.29, 0.717) is 0 Å². The molecule has 0 aliphatic heterocycles. The number of aliphatic imine (C=N–C) groups is 1. The molecule has 2 nitrogen and oxygen atoms in total. The highest BCUT2D eigenvalue weighted by molar-refractivity contribution is 14.1.